The van der Waals surface area contributed by atoms with Crippen LogP contribution in [0.1, 0.15) is 92.9 Å². The van der Waals surface area contributed by atoms with E-state index in [4.69, 9.17) is 25.8 Å². The molecule has 88 heavy (non-hydrogen) atoms. The maximum atomic E-state index is 14.7. The quantitative estimate of drug-likeness (QED) is 0.00630. The number of cyclic esters (lactones) is 1. The van der Waals surface area contributed by atoms with Crippen LogP contribution in [0.2, 0.25) is 0 Å². The molecule has 3 aliphatic heterocycles. The van der Waals surface area contributed by atoms with Gasteiger partial charge >= 0.3 is 5.97 Å². The molecule has 0 saturated heterocycles. The second kappa shape index (κ2) is 38.7. The first-order chi connectivity index (χ1) is 42.2. The fourth-order valence-corrected chi connectivity index (χ4v) is 8.23. The molecule has 0 fully saturated rings. The van der Waals surface area contributed by atoms with Crippen LogP contribution in [0.5, 0.6) is 0 Å². The Morgan fingerprint density at radius 2 is 1.36 bits per heavy atom. The number of hydrazine groups is 1. The molecule has 7 rings (SSSR count). The van der Waals surface area contributed by atoms with Gasteiger partial charge in [-0.2, -0.15) is 0 Å². The van der Waals surface area contributed by atoms with Crippen molar-refractivity contribution in [3.8, 4) is 11.4 Å². The number of imide groups is 1. The standard InChI is InChI=1S/C36H44FN11O11.C12H16N2O4.C7H8.2C2H6/c1-18-3-20-22(23-12-48-27(33(23)46-26(20)5-25(18)37)4-21-24(35(48)55)14-59-36(56)34(21)54)11-47(39)10-19(38)13-57-16-44-31(52)9-43-32(53)15-58-17-45-30(51)8-42-29(50)7-41-28(49)6-40-2;15-9-7-13-10(16)4-2-1-3-8-14-11(17)5-6-12(14)18;1-7-5-3-2-4-6-7;2*1-2/h3-5,10,34,40,54H,6-9,11-17,38-39H2,1-2H3,(H,41,49)(H,42,50)(H,43,53)(H,44,52)(H,45,51);5-6,9H,1-4,7-8H2,(H,13,16);2-6H,1H3;2*1-2H3/b19-10-;;;;. The third-order valence-electron chi connectivity index (χ3n) is 12.5. The first-order valence-electron chi connectivity index (χ1n) is 28.3. The van der Waals surface area contributed by atoms with E-state index in [9.17, 15) is 62.2 Å². The maximum absolute atomic E-state index is 14.7. The molecule has 3 aliphatic rings. The van der Waals surface area contributed by atoms with E-state index in [2.05, 4.69) is 61.3 Å². The number of ether oxygens (including phenoxy) is 3. The van der Waals surface area contributed by atoms with Gasteiger partial charge in [-0.15, -0.1) is 0 Å². The lowest BCUT2D eigenvalue weighted by atomic mass is 9.97. The molecule has 4 aromatic rings. The molecule has 8 amide bonds. The average molecular weight is 1230 g/mol. The Hall–Kier alpha value is -9.29. The summed E-state index contributed by atoms with van der Waals surface area (Å²) in [5, 5.41) is 29.1. The second-order valence-electron chi connectivity index (χ2n) is 18.9. The number of likely N-dealkylation sites (N-methyl/N-ethyl adjacent to an activating group) is 1. The minimum atomic E-state index is -1.64. The molecule has 2 aromatic heterocycles. The van der Waals surface area contributed by atoms with Crippen LogP contribution in [-0.2, 0) is 81.9 Å². The van der Waals surface area contributed by atoms with Gasteiger partial charge in [0, 0.05) is 53.9 Å². The summed E-state index contributed by atoms with van der Waals surface area (Å²) in [6.07, 6.45) is 5.38. The smallest absolute Gasteiger partial charge is 0.340 e. The normalized spacial score (nSPS) is 13.2. The van der Waals surface area contributed by atoms with E-state index >= 15 is 0 Å². The van der Waals surface area contributed by atoms with Gasteiger partial charge in [-0.25, -0.2) is 20.0 Å². The zero-order valence-electron chi connectivity index (χ0n) is 50.5. The number of pyridine rings is 2. The molecule has 0 saturated carbocycles. The van der Waals surface area contributed by atoms with E-state index in [0.717, 1.165) is 6.42 Å². The number of hydrogen-bond acceptors (Lipinski definition) is 20. The van der Waals surface area contributed by atoms with E-state index in [1.807, 2.05) is 45.9 Å². The number of hydrogen-bond donors (Lipinski definition) is 10. The molecule has 478 valence electrons. The number of nitrogens with one attached hydrogen (secondary N) is 7. The zero-order valence-corrected chi connectivity index (χ0v) is 50.5. The van der Waals surface area contributed by atoms with Crippen molar-refractivity contribution in [3.63, 3.8) is 0 Å². The Balaban J connectivity index is 0.000000571. The highest BCUT2D eigenvalue weighted by Gasteiger charge is 2.35. The molecular weight excluding hydrogens is 1150 g/mol. The summed E-state index contributed by atoms with van der Waals surface area (Å²) in [6.45, 7) is 9.64. The largest absolute Gasteiger partial charge is 0.458 e. The number of aliphatic hydroxyl groups excluding tert-OH is 1. The van der Waals surface area contributed by atoms with Crippen molar-refractivity contribution in [2.24, 2.45) is 11.6 Å². The molecule has 29 heteroatoms. The Morgan fingerprint density at radius 1 is 0.773 bits per heavy atom. The summed E-state index contributed by atoms with van der Waals surface area (Å²) >= 11 is 0. The van der Waals surface area contributed by atoms with Crippen LogP contribution in [-0.4, -0.2) is 157 Å². The van der Waals surface area contributed by atoms with Crippen molar-refractivity contribution in [3.05, 3.63) is 122 Å². The van der Waals surface area contributed by atoms with Gasteiger partial charge in [0.25, 0.3) is 17.4 Å². The third kappa shape index (κ3) is 23.5. The summed E-state index contributed by atoms with van der Waals surface area (Å²) in [6, 6.07) is 14.7. The molecule has 0 bridgehead atoms. The van der Waals surface area contributed by atoms with E-state index in [1.54, 1.807) is 20.0 Å². The number of rotatable bonds is 27. The van der Waals surface area contributed by atoms with E-state index in [1.165, 1.54) is 50.5 Å². The van der Waals surface area contributed by atoms with Crippen LogP contribution in [0.4, 0.5) is 4.39 Å². The number of fused-ring (bicyclic) bond motifs is 5. The van der Waals surface area contributed by atoms with Gasteiger partial charge in [0.05, 0.1) is 80.6 Å². The Morgan fingerprint density at radius 3 is 1.95 bits per heavy atom. The highest BCUT2D eigenvalue weighted by atomic mass is 19.1. The average Bonchev–Trinajstić information content (AvgIpc) is 1.55. The number of esters is 1. The minimum Gasteiger partial charge on any atom is -0.458 e. The maximum Gasteiger partial charge on any atom is 0.340 e. The zero-order chi connectivity index (χ0) is 65.3. The lowest BCUT2D eigenvalue weighted by Gasteiger charge is -2.21. The molecule has 0 radical (unpaired) electrons. The Bertz CT molecular complexity index is 3190. The van der Waals surface area contributed by atoms with Gasteiger partial charge in [0.1, 0.15) is 38.8 Å². The van der Waals surface area contributed by atoms with Crippen molar-refractivity contribution in [1.82, 2.24) is 56.7 Å². The number of amides is 8. The number of halogens is 1. The molecule has 28 nitrogen and oxygen atoms in total. The summed E-state index contributed by atoms with van der Waals surface area (Å²) in [5.74, 6) is 1.49. The van der Waals surface area contributed by atoms with Crippen molar-refractivity contribution in [1.29, 1.82) is 0 Å². The van der Waals surface area contributed by atoms with Crippen LogP contribution in [0.25, 0.3) is 22.3 Å². The van der Waals surface area contributed by atoms with Crippen LogP contribution < -0.4 is 54.4 Å². The molecule has 5 heterocycles. The number of aryl methyl sites for hydroxylation is 2. The van der Waals surface area contributed by atoms with Crippen molar-refractivity contribution < 1.29 is 71.7 Å². The molecule has 1 unspecified atom stereocenters. The number of nitrogens with two attached hydrogens (primary N) is 2. The number of aromatic nitrogens is 2. The third-order valence-corrected chi connectivity index (χ3v) is 12.5. The van der Waals surface area contributed by atoms with E-state index < -0.39 is 60.2 Å². The summed E-state index contributed by atoms with van der Waals surface area (Å²) in [5.41, 5.74) is 10.1. The minimum absolute atomic E-state index is 0.0319. The molecular formula is C59H80FN13O15. The molecule has 0 spiro atoms. The first-order valence-corrected chi connectivity index (χ1v) is 28.3. The lowest BCUT2D eigenvalue weighted by molar-refractivity contribution is -0.157. The summed E-state index contributed by atoms with van der Waals surface area (Å²) in [7, 11) is 1.57. The number of aldehydes is 1. The van der Waals surface area contributed by atoms with Gasteiger partial charge in [-0.1, -0.05) is 70.0 Å². The van der Waals surface area contributed by atoms with Gasteiger partial charge in [-0.3, -0.25) is 48.1 Å². The fraction of sp³-hybridized carbons (Fsp3) is 0.424. The van der Waals surface area contributed by atoms with Crippen LogP contribution in [0.3, 0.4) is 0 Å². The van der Waals surface area contributed by atoms with Crippen LogP contribution in [0, 0.1) is 19.7 Å². The van der Waals surface area contributed by atoms with E-state index in [0.29, 0.717) is 71.1 Å². The van der Waals surface area contributed by atoms with Crippen molar-refractivity contribution in [2.45, 2.75) is 93.0 Å². The van der Waals surface area contributed by atoms with Gasteiger partial charge < -0.3 is 76.6 Å². The van der Waals surface area contributed by atoms with Crippen molar-refractivity contribution in [2.75, 3.05) is 73.0 Å². The SMILES string of the molecule is CC.CC.CNCC(=O)NCC(=O)NCC(=O)NCOCC(=O)NCC(=O)NCOC/C(N)=C/N(N)Cc1c2c(nc3cc(F)c(C)cc13)-c1cc3c(c(=O)n1C2)COC(=O)C3O.Cc1ccccc1.O=CCNC(=O)CCCCCN1C(=O)C=CC1=O. The number of nitrogens with zero attached hydrogens (tertiary/aromatic N) is 4. The topological polar surface area (TPSA) is 396 Å². The number of aliphatic hydroxyl groups is 1. The Labute approximate surface area is 508 Å². The van der Waals surface area contributed by atoms with Crippen molar-refractivity contribution >= 4 is 70.4 Å². The van der Waals surface area contributed by atoms with Gasteiger partial charge in [-0.05, 0) is 57.0 Å². The summed E-state index contributed by atoms with van der Waals surface area (Å²) in [4.78, 5) is 134. The molecule has 2 aromatic carbocycles. The predicted molar refractivity (Wildman–Crippen MR) is 320 cm³/mol. The molecule has 1 atom stereocenters. The Kier molecular flexibility index (Phi) is 32.1. The fourth-order valence-electron chi connectivity index (χ4n) is 8.23. The highest BCUT2D eigenvalue weighted by molar-refractivity contribution is 6.12. The number of unbranched alkanes of at least 4 members (excludes halogenated alkanes) is 2. The van der Waals surface area contributed by atoms with Crippen LogP contribution >= 0.6 is 0 Å². The summed E-state index contributed by atoms with van der Waals surface area (Å²) < 4.78 is 31.6. The highest BCUT2D eigenvalue weighted by Crippen LogP contribution is 2.38. The molecule has 12 N–H and O–H groups in total. The van der Waals surface area contributed by atoms with Gasteiger partial charge in [0.15, 0.2) is 6.10 Å². The predicted octanol–water partition coefficient (Wildman–Crippen LogP) is 0.0216. The van der Waals surface area contributed by atoms with Gasteiger partial charge in [0.2, 0.25) is 35.4 Å². The lowest BCUT2D eigenvalue weighted by Crippen LogP contribution is -2.44. The monoisotopic (exact) mass is 1230 g/mol. The van der Waals surface area contributed by atoms with Crippen LogP contribution in [0.15, 0.2) is 77.4 Å². The van der Waals surface area contributed by atoms with E-state index in [-0.39, 0.29) is 106 Å². The number of benzene rings is 2. The second-order valence-corrected chi connectivity index (χ2v) is 18.9. The first kappa shape index (κ1) is 73.0. The number of carbonyl (C=O) groups excluding carboxylic acids is 10. The molecule has 0 aliphatic carbocycles. The number of carbonyl (C=O) groups is 10.